The SMILES string of the molecule is CCN(CC)CCN(C(=O)c1ccc(N(CC)CC)cc1)c1nc2ccc(Cl)cc2s1. The summed E-state index contributed by atoms with van der Waals surface area (Å²) < 4.78 is 0.986. The molecule has 3 rings (SSSR count). The minimum absolute atomic E-state index is 0.0246. The van der Waals surface area contributed by atoms with E-state index in [0.29, 0.717) is 22.3 Å². The second-order valence-electron chi connectivity index (χ2n) is 7.31. The molecule has 0 aliphatic heterocycles. The van der Waals surface area contributed by atoms with Gasteiger partial charge in [-0.3, -0.25) is 9.69 Å². The number of fused-ring (bicyclic) bond motifs is 1. The van der Waals surface area contributed by atoms with Crippen LogP contribution in [-0.2, 0) is 0 Å². The molecule has 1 heterocycles. The van der Waals surface area contributed by atoms with E-state index in [1.165, 1.54) is 11.3 Å². The van der Waals surface area contributed by atoms with Gasteiger partial charge in [0.1, 0.15) is 0 Å². The standard InChI is InChI=1S/C24H31ClN4OS/c1-5-27(6-2)15-16-29(24-26-21-14-11-19(25)17-22(21)31-24)23(30)18-9-12-20(13-10-18)28(7-3)8-4/h9-14,17H,5-8,15-16H2,1-4H3. The highest BCUT2D eigenvalue weighted by molar-refractivity contribution is 7.22. The number of rotatable bonds is 10. The van der Waals surface area contributed by atoms with E-state index in [0.717, 1.165) is 48.6 Å². The van der Waals surface area contributed by atoms with Crippen LogP contribution in [0.15, 0.2) is 42.5 Å². The van der Waals surface area contributed by atoms with Gasteiger partial charge in [0, 0.05) is 42.5 Å². The van der Waals surface area contributed by atoms with Crippen LogP contribution in [0.3, 0.4) is 0 Å². The van der Waals surface area contributed by atoms with Crippen molar-refractivity contribution in [2.45, 2.75) is 27.7 Å². The molecule has 0 aliphatic rings. The quantitative estimate of drug-likeness (QED) is 0.385. The van der Waals surface area contributed by atoms with Gasteiger partial charge in [-0.25, -0.2) is 4.98 Å². The average molecular weight is 459 g/mol. The van der Waals surface area contributed by atoms with Crippen LogP contribution < -0.4 is 9.80 Å². The molecular weight excluding hydrogens is 428 g/mol. The molecule has 0 N–H and O–H groups in total. The molecule has 0 radical (unpaired) electrons. The molecule has 31 heavy (non-hydrogen) atoms. The minimum Gasteiger partial charge on any atom is -0.372 e. The van der Waals surface area contributed by atoms with Gasteiger partial charge in [0.15, 0.2) is 5.13 Å². The molecule has 0 atom stereocenters. The van der Waals surface area contributed by atoms with Gasteiger partial charge in [0.2, 0.25) is 0 Å². The lowest BCUT2D eigenvalue weighted by atomic mass is 10.1. The number of nitrogens with zero attached hydrogens (tertiary/aromatic N) is 4. The second kappa shape index (κ2) is 10.9. The Balaban J connectivity index is 1.91. The molecule has 5 nitrogen and oxygen atoms in total. The zero-order valence-electron chi connectivity index (χ0n) is 18.8. The van der Waals surface area contributed by atoms with Gasteiger partial charge >= 0.3 is 0 Å². The van der Waals surface area contributed by atoms with Crippen LogP contribution in [0.1, 0.15) is 38.1 Å². The maximum atomic E-state index is 13.5. The number of likely N-dealkylation sites (N-methyl/N-ethyl adjacent to an activating group) is 1. The molecule has 166 valence electrons. The van der Waals surface area contributed by atoms with E-state index in [2.05, 4.69) is 37.5 Å². The summed E-state index contributed by atoms with van der Waals surface area (Å²) in [5.74, 6) is -0.0246. The van der Waals surface area contributed by atoms with E-state index >= 15 is 0 Å². The molecule has 7 heteroatoms. The first-order valence-corrected chi connectivity index (χ1v) is 12.1. The molecule has 3 aromatic rings. The van der Waals surface area contributed by atoms with Crippen molar-refractivity contribution in [3.05, 3.63) is 53.1 Å². The number of hydrogen-bond acceptors (Lipinski definition) is 5. The van der Waals surface area contributed by atoms with E-state index in [1.807, 2.05) is 47.4 Å². The lowest BCUT2D eigenvalue weighted by Gasteiger charge is -2.25. The zero-order chi connectivity index (χ0) is 22.4. The minimum atomic E-state index is -0.0246. The normalized spacial score (nSPS) is 11.3. The average Bonchev–Trinajstić information content (AvgIpc) is 3.20. The topological polar surface area (TPSA) is 39.7 Å². The van der Waals surface area contributed by atoms with Gasteiger partial charge in [-0.05, 0) is 69.4 Å². The number of anilines is 2. The lowest BCUT2D eigenvalue weighted by molar-refractivity contribution is 0.0984. The maximum Gasteiger partial charge on any atom is 0.260 e. The predicted octanol–water partition coefficient (Wildman–Crippen LogP) is 5.78. The number of carbonyl (C=O) groups is 1. The summed E-state index contributed by atoms with van der Waals surface area (Å²) in [5, 5.41) is 1.39. The number of carbonyl (C=O) groups excluding carboxylic acids is 1. The highest BCUT2D eigenvalue weighted by Crippen LogP contribution is 2.31. The molecule has 0 bridgehead atoms. The smallest absolute Gasteiger partial charge is 0.260 e. The fourth-order valence-corrected chi connectivity index (χ4v) is 4.89. The fourth-order valence-electron chi connectivity index (χ4n) is 3.63. The van der Waals surface area contributed by atoms with Gasteiger partial charge in [0.05, 0.1) is 10.2 Å². The van der Waals surface area contributed by atoms with Crippen molar-refractivity contribution in [1.29, 1.82) is 0 Å². The van der Waals surface area contributed by atoms with E-state index in [1.54, 1.807) is 0 Å². The van der Waals surface area contributed by atoms with Crippen LogP contribution in [0.5, 0.6) is 0 Å². The van der Waals surface area contributed by atoms with Crippen molar-refractivity contribution >= 4 is 49.9 Å². The van der Waals surface area contributed by atoms with Crippen molar-refractivity contribution < 1.29 is 4.79 Å². The molecule has 1 aromatic heterocycles. The summed E-state index contributed by atoms with van der Waals surface area (Å²) >= 11 is 7.67. The van der Waals surface area contributed by atoms with Crippen LogP contribution in [0.2, 0.25) is 5.02 Å². The Morgan fingerprint density at radius 1 is 0.935 bits per heavy atom. The Labute approximate surface area is 194 Å². The largest absolute Gasteiger partial charge is 0.372 e. The number of halogens is 1. The first-order chi connectivity index (χ1) is 15.0. The number of aromatic nitrogens is 1. The molecule has 0 saturated heterocycles. The van der Waals surface area contributed by atoms with Crippen LogP contribution >= 0.6 is 22.9 Å². The molecular formula is C24H31ClN4OS. The number of hydrogen-bond donors (Lipinski definition) is 0. The molecule has 0 unspecified atom stereocenters. The van der Waals surface area contributed by atoms with Gasteiger partial charge in [-0.1, -0.05) is 36.8 Å². The highest BCUT2D eigenvalue weighted by atomic mass is 35.5. The first kappa shape index (κ1) is 23.5. The Bertz CT molecular complexity index is 996. The van der Waals surface area contributed by atoms with E-state index in [-0.39, 0.29) is 5.91 Å². The molecule has 0 spiro atoms. The summed E-state index contributed by atoms with van der Waals surface area (Å²) in [6.45, 7) is 13.7. The van der Waals surface area contributed by atoms with E-state index in [4.69, 9.17) is 16.6 Å². The van der Waals surface area contributed by atoms with Crippen LogP contribution in [0, 0.1) is 0 Å². The first-order valence-electron chi connectivity index (χ1n) is 11.0. The fraction of sp³-hybridized carbons (Fsp3) is 0.417. The van der Waals surface area contributed by atoms with Crippen molar-refractivity contribution in [2.75, 3.05) is 49.1 Å². The Hall–Kier alpha value is -2.15. The lowest BCUT2D eigenvalue weighted by Crippen LogP contribution is -2.38. The second-order valence-corrected chi connectivity index (χ2v) is 8.76. The summed E-state index contributed by atoms with van der Waals surface area (Å²) in [6, 6.07) is 13.5. The summed E-state index contributed by atoms with van der Waals surface area (Å²) in [5.41, 5.74) is 2.67. The Morgan fingerprint density at radius 3 is 2.23 bits per heavy atom. The third kappa shape index (κ3) is 5.56. The van der Waals surface area contributed by atoms with Crippen molar-refractivity contribution in [1.82, 2.24) is 9.88 Å². The predicted molar refractivity (Wildman–Crippen MR) is 134 cm³/mol. The maximum absolute atomic E-state index is 13.5. The van der Waals surface area contributed by atoms with Crippen molar-refractivity contribution in [3.63, 3.8) is 0 Å². The highest BCUT2D eigenvalue weighted by Gasteiger charge is 2.22. The number of thiazole rings is 1. The molecule has 0 fully saturated rings. The van der Waals surface area contributed by atoms with Crippen molar-refractivity contribution in [3.8, 4) is 0 Å². The molecule has 1 amide bonds. The van der Waals surface area contributed by atoms with E-state index < -0.39 is 0 Å². The van der Waals surface area contributed by atoms with Crippen LogP contribution in [-0.4, -0.2) is 55.1 Å². The Kier molecular flexibility index (Phi) is 8.29. The van der Waals surface area contributed by atoms with Gasteiger partial charge in [0.25, 0.3) is 5.91 Å². The van der Waals surface area contributed by atoms with Gasteiger partial charge in [-0.2, -0.15) is 0 Å². The molecule has 0 saturated carbocycles. The number of benzene rings is 2. The van der Waals surface area contributed by atoms with Gasteiger partial charge < -0.3 is 9.80 Å². The summed E-state index contributed by atoms with van der Waals surface area (Å²) in [4.78, 5) is 24.7. The number of amides is 1. The molecule has 2 aromatic carbocycles. The third-order valence-electron chi connectivity index (χ3n) is 5.59. The van der Waals surface area contributed by atoms with Crippen molar-refractivity contribution in [2.24, 2.45) is 0 Å². The van der Waals surface area contributed by atoms with Crippen LogP contribution in [0.4, 0.5) is 10.8 Å². The van der Waals surface area contributed by atoms with Crippen LogP contribution in [0.25, 0.3) is 10.2 Å². The molecule has 0 aliphatic carbocycles. The summed E-state index contributed by atoms with van der Waals surface area (Å²) in [6.07, 6.45) is 0. The zero-order valence-corrected chi connectivity index (χ0v) is 20.3. The Morgan fingerprint density at radius 2 is 1.61 bits per heavy atom. The monoisotopic (exact) mass is 458 g/mol. The third-order valence-corrected chi connectivity index (χ3v) is 6.87. The summed E-state index contributed by atoms with van der Waals surface area (Å²) in [7, 11) is 0. The van der Waals surface area contributed by atoms with Gasteiger partial charge in [-0.15, -0.1) is 0 Å². The van der Waals surface area contributed by atoms with E-state index in [9.17, 15) is 4.79 Å².